The van der Waals surface area contributed by atoms with E-state index in [0.717, 1.165) is 21.4 Å². The van der Waals surface area contributed by atoms with Gasteiger partial charge in [0.25, 0.3) is 5.91 Å². The first-order chi connectivity index (χ1) is 14.5. The van der Waals surface area contributed by atoms with Gasteiger partial charge < -0.3 is 10.2 Å². The lowest BCUT2D eigenvalue weighted by molar-refractivity contribution is -0.134. The first-order valence-corrected chi connectivity index (χ1v) is 9.93. The average molecular weight is 401 g/mol. The molecule has 6 heteroatoms. The summed E-state index contributed by atoms with van der Waals surface area (Å²) in [5.41, 5.74) is 0.257. The predicted octanol–water partition coefficient (Wildman–Crippen LogP) is 3.66. The van der Waals surface area contributed by atoms with Gasteiger partial charge in [-0.3, -0.25) is 14.5 Å². The van der Waals surface area contributed by atoms with Gasteiger partial charge in [-0.2, -0.15) is 0 Å². The second-order valence-electron chi connectivity index (χ2n) is 7.45. The van der Waals surface area contributed by atoms with Gasteiger partial charge in [0.15, 0.2) is 0 Å². The van der Waals surface area contributed by atoms with Crippen molar-refractivity contribution in [3.8, 4) is 0 Å². The van der Waals surface area contributed by atoms with Crippen LogP contribution in [0.1, 0.15) is 19.4 Å². The number of imide groups is 1. The summed E-state index contributed by atoms with van der Waals surface area (Å²) in [4.78, 5) is 41.5. The number of hydrogen-bond donors (Lipinski definition) is 1. The number of hydrogen-bond acceptors (Lipinski definition) is 3. The Morgan fingerprint density at radius 1 is 0.967 bits per heavy atom. The van der Waals surface area contributed by atoms with Crippen molar-refractivity contribution in [1.82, 2.24) is 10.2 Å². The molecule has 1 aliphatic heterocycles. The molecule has 3 aromatic rings. The number of urea groups is 1. The summed E-state index contributed by atoms with van der Waals surface area (Å²) in [7, 11) is 0. The van der Waals surface area contributed by atoms with E-state index >= 15 is 0 Å². The number of likely N-dealkylation sites (N-methyl/N-ethyl adjacent to an activating group) is 1. The Labute approximate surface area is 175 Å². The molecule has 0 radical (unpaired) electrons. The summed E-state index contributed by atoms with van der Waals surface area (Å²) in [6.07, 6.45) is 0. The number of nitrogens with zero attached hydrogens (tertiary/aromatic N) is 2. The monoisotopic (exact) mass is 401 g/mol. The highest BCUT2D eigenvalue weighted by Crippen LogP contribution is 2.30. The highest BCUT2D eigenvalue weighted by atomic mass is 16.2. The lowest BCUT2D eigenvalue weighted by atomic mass is 9.92. The molecule has 30 heavy (non-hydrogen) atoms. The molecule has 0 aromatic heterocycles. The third-order valence-corrected chi connectivity index (χ3v) is 5.59. The maximum atomic E-state index is 13.2. The fourth-order valence-corrected chi connectivity index (χ4v) is 3.95. The number of benzene rings is 3. The maximum Gasteiger partial charge on any atom is 0.325 e. The van der Waals surface area contributed by atoms with Crippen molar-refractivity contribution in [3.63, 3.8) is 0 Å². The topological polar surface area (TPSA) is 69.7 Å². The van der Waals surface area contributed by atoms with E-state index in [1.807, 2.05) is 67.6 Å². The van der Waals surface area contributed by atoms with Crippen LogP contribution in [0.5, 0.6) is 0 Å². The molecule has 0 saturated carbocycles. The van der Waals surface area contributed by atoms with Crippen molar-refractivity contribution in [2.45, 2.75) is 19.4 Å². The normalized spacial score (nSPS) is 18.5. The summed E-state index contributed by atoms with van der Waals surface area (Å²) in [6, 6.07) is 22.1. The molecule has 1 saturated heterocycles. The van der Waals surface area contributed by atoms with Gasteiger partial charge in [-0.15, -0.1) is 0 Å². The van der Waals surface area contributed by atoms with Crippen molar-refractivity contribution in [2.75, 3.05) is 18.0 Å². The molecule has 1 fully saturated rings. The van der Waals surface area contributed by atoms with Crippen LogP contribution in [0.15, 0.2) is 72.8 Å². The molecular formula is C24H23N3O3. The number of rotatable bonds is 5. The minimum absolute atomic E-state index is 0.310. The first kappa shape index (κ1) is 19.6. The molecule has 4 rings (SSSR count). The van der Waals surface area contributed by atoms with E-state index < -0.39 is 17.5 Å². The van der Waals surface area contributed by atoms with Gasteiger partial charge in [-0.05, 0) is 30.9 Å². The molecular weight excluding hydrogens is 378 g/mol. The van der Waals surface area contributed by atoms with Crippen molar-refractivity contribution in [1.29, 1.82) is 0 Å². The molecule has 0 bridgehead atoms. The van der Waals surface area contributed by atoms with Crippen LogP contribution in [0, 0.1) is 0 Å². The Hall–Kier alpha value is -3.67. The number of anilines is 1. The zero-order valence-electron chi connectivity index (χ0n) is 17.0. The summed E-state index contributed by atoms with van der Waals surface area (Å²) in [5, 5.41) is 4.71. The van der Waals surface area contributed by atoms with E-state index in [0.29, 0.717) is 12.1 Å². The Kier molecular flexibility index (Phi) is 4.99. The maximum absolute atomic E-state index is 13.2. The second-order valence-corrected chi connectivity index (χ2v) is 7.45. The Morgan fingerprint density at radius 3 is 2.37 bits per heavy atom. The van der Waals surface area contributed by atoms with Crippen LogP contribution in [-0.2, 0) is 15.1 Å². The summed E-state index contributed by atoms with van der Waals surface area (Å²) in [6.45, 7) is 3.64. The van der Waals surface area contributed by atoms with E-state index in [-0.39, 0.29) is 12.5 Å². The zero-order valence-corrected chi connectivity index (χ0v) is 17.0. The minimum atomic E-state index is -1.19. The number of carbonyl (C=O) groups is 3. The lowest BCUT2D eigenvalue weighted by Crippen LogP contribution is -2.44. The molecule has 152 valence electrons. The van der Waals surface area contributed by atoms with Crippen LogP contribution < -0.4 is 10.2 Å². The van der Waals surface area contributed by atoms with Crippen molar-refractivity contribution >= 4 is 34.3 Å². The quantitative estimate of drug-likeness (QED) is 0.664. The zero-order chi connectivity index (χ0) is 21.3. The van der Waals surface area contributed by atoms with Gasteiger partial charge in [0, 0.05) is 11.9 Å². The smallest absolute Gasteiger partial charge is 0.319 e. The predicted molar refractivity (Wildman–Crippen MR) is 116 cm³/mol. The summed E-state index contributed by atoms with van der Waals surface area (Å²) < 4.78 is 0. The van der Waals surface area contributed by atoms with Crippen molar-refractivity contribution in [3.05, 3.63) is 78.4 Å². The summed E-state index contributed by atoms with van der Waals surface area (Å²) >= 11 is 0. The van der Waals surface area contributed by atoms with E-state index in [2.05, 4.69) is 5.32 Å². The van der Waals surface area contributed by atoms with Crippen LogP contribution in [0.3, 0.4) is 0 Å². The molecule has 6 nitrogen and oxygen atoms in total. The fraction of sp³-hybridized carbons (Fsp3) is 0.208. The van der Waals surface area contributed by atoms with Crippen LogP contribution in [-0.4, -0.2) is 35.8 Å². The Morgan fingerprint density at radius 2 is 1.63 bits per heavy atom. The van der Waals surface area contributed by atoms with Crippen LogP contribution in [0.4, 0.5) is 10.5 Å². The van der Waals surface area contributed by atoms with Gasteiger partial charge in [-0.1, -0.05) is 66.7 Å². The van der Waals surface area contributed by atoms with Gasteiger partial charge in [0.1, 0.15) is 12.1 Å². The molecule has 4 amide bonds. The largest absolute Gasteiger partial charge is 0.325 e. The van der Waals surface area contributed by atoms with Gasteiger partial charge in [0.2, 0.25) is 5.91 Å². The molecule has 1 heterocycles. The molecule has 1 N–H and O–H groups in total. The SMILES string of the molecule is CCN(C(=O)CN1C(=O)NC(C)(c2ccccc2)C1=O)c1cccc2ccccc12. The lowest BCUT2D eigenvalue weighted by Gasteiger charge is -2.25. The molecule has 1 aliphatic rings. The Bertz CT molecular complexity index is 1120. The Balaban J connectivity index is 1.61. The fourth-order valence-electron chi connectivity index (χ4n) is 3.95. The van der Waals surface area contributed by atoms with Crippen LogP contribution in [0.25, 0.3) is 10.8 Å². The van der Waals surface area contributed by atoms with Crippen LogP contribution >= 0.6 is 0 Å². The van der Waals surface area contributed by atoms with Gasteiger partial charge in [0.05, 0.1) is 5.69 Å². The highest BCUT2D eigenvalue weighted by Gasteiger charge is 2.49. The van der Waals surface area contributed by atoms with Crippen molar-refractivity contribution < 1.29 is 14.4 Å². The molecule has 0 spiro atoms. The standard InChI is InChI=1S/C24H23N3O3/c1-3-26(20-15-9-11-17-10-7-8-14-19(17)20)21(28)16-27-22(29)24(2,25-23(27)30)18-12-5-4-6-13-18/h4-15H,3,16H2,1-2H3,(H,25,30). The minimum Gasteiger partial charge on any atom is -0.319 e. The molecule has 1 unspecified atom stereocenters. The number of fused-ring (bicyclic) bond motifs is 1. The number of nitrogens with one attached hydrogen (secondary N) is 1. The average Bonchev–Trinajstić information content (AvgIpc) is 2.99. The third kappa shape index (κ3) is 3.20. The van der Waals surface area contributed by atoms with Gasteiger partial charge in [-0.25, -0.2) is 4.79 Å². The van der Waals surface area contributed by atoms with Gasteiger partial charge >= 0.3 is 6.03 Å². The summed E-state index contributed by atoms with van der Waals surface area (Å²) in [5.74, 6) is -0.740. The van der Waals surface area contributed by atoms with E-state index in [4.69, 9.17) is 0 Å². The first-order valence-electron chi connectivity index (χ1n) is 9.93. The van der Waals surface area contributed by atoms with Crippen LogP contribution in [0.2, 0.25) is 0 Å². The van der Waals surface area contributed by atoms with E-state index in [1.165, 1.54) is 0 Å². The third-order valence-electron chi connectivity index (χ3n) is 5.59. The van der Waals surface area contributed by atoms with E-state index in [9.17, 15) is 14.4 Å². The number of amides is 4. The molecule has 0 aliphatic carbocycles. The molecule has 1 atom stereocenters. The second kappa shape index (κ2) is 7.63. The van der Waals surface area contributed by atoms with E-state index in [1.54, 1.807) is 24.0 Å². The highest BCUT2D eigenvalue weighted by molar-refractivity contribution is 6.11. The number of carbonyl (C=O) groups excluding carboxylic acids is 3. The molecule has 3 aromatic carbocycles. The van der Waals surface area contributed by atoms with Crippen molar-refractivity contribution in [2.24, 2.45) is 0 Å².